The van der Waals surface area contributed by atoms with E-state index < -0.39 is 10.0 Å². The number of rotatable bonds is 9. The average molecular weight is 439 g/mol. The molecule has 0 atom stereocenters. The predicted octanol–water partition coefficient (Wildman–Crippen LogP) is 5.09. The molecule has 6 nitrogen and oxygen atoms in total. The van der Waals surface area contributed by atoms with Gasteiger partial charge in [-0.25, -0.2) is 8.42 Å². The largest absolute Gasteiger partial charge is 0.495 e. The third-order valence-corrected chi connectivity index (χ3v) is 6.17. The van der Waals surface area contributed by atoms with E-state index in [2.05, 4.69) is 17.0 Å². The van der Waals surface area contributed by atoms with Crippen molar-refractivity contribution < 1.29 is 17.9 Å². The molecule has 7 heteroatoms. The molecule has 31 heavy (non-hydrogen) atoms. The Morgan fingerprint density at radius 2 is 1.68 bits per heavy atom. The maximum Gasteiger partial charge on any atom is 0.261 e. The monoisotopic (exact) mass is 438 g/mol. The highest BCUT2D eigenvalue weighted by molar-refractivity contribution is 7.92. The van der Waals surface area contributed by atoms with Gasteiger partial charge in [-0.1, -0.05) is 43.7 Å². The number of amides is 1. The minimum atomic E-state index is -3.85. The Hall–Kier alpha value is -3.32. The van der Waals surface area contributed by atoms with Crippen LogP contribution in [-0.4, -0.2) is 21.4 Å². The topological polar surface area (TPSA) is 84.5 Å². The zero-order valence-electron chi connectivity index (χ0n) is 17.6. The summed E-state index contributed by atoms with van der Waals surface area (Å²) in [6.07, 6.45) is 3.16. The summed E-state index contributed by atoms with van der Waals surface area (Å²) in [7, 11) is -2.39. The SMILES string of the molecule is CCCCc1ccc(NS(=O)(=O)c2ccc(OC)c(NC(=O)c3ccccc3)c2)cc1. The van der Waals surface area contributed by atoms with E-state index in [-0.39, 0.29) is 16.5 Å². The number of methoxy groups -OCH3 is 1. The van der Waals surface area contributed by atoms with Gasteiger partial charge in [0.05, 0.1) is 17.7 Å². The number of anilines is 2. The fraction of sp³-hybridized carbons (Fsp3) is 0.208. The van der Waals surface area contributed by atoms with Gasteiger partial charge in [-0.2, -0.15) is 0 Å². The van der Waals surface area contributed by atoms with Crippen molar-refractivity contribution in [1.29, 1.82) is 0 Å². The van der Waals surface area contributed by atoms with Crippen LogP contribution >= 0.6 is 0 Å². The molecule has 0 radical (unpaired) electrons. The molecule has 2 N–H and O–H groups in total. The summed E-state index contributed by atoms with van der Waals surface area (Å²) in [5, 5.41) is 2.72. The van der Waals surface area contributed by atoms with Crippen LogP contribution < -0.4 is 14.8 Å². The van der Waals surface area contributed by atoms with Crippen LogP contribution in [0.15, 0.2) is 77.7 Å². The van der Waals surface area contributed by atoms with E-state index in [1.807, 2.05) is 18.2 Å². The molecular formula is C24H26N2O4S. The molecule has 0 heterocycles. The fourth-order valence-electron chi connectivity index (χ4n) is 3.07. The number of hydrogen-bond acceptors (Lipinski definition) is 4. The molecular weight excluding hydrogens is 412 g/mol. The number of nitrogens with one attached hydrogen (secondary N) is 2. The van der Waals surface area contributed by atoms with E-state index in [9.17, 15) is 13.2 Å². The maximum atomic E-state index is 12.9. The first-order chi connectivity index (χ1) is 14.9. The lowest BCUT2D eigenvalue weighted by Gasteiger charge is -2.14. The van der Waals surface area contributed by atoms with E-state index in [1.54, 1.807) is 36.4 Å². The highest BCUT2D eigenvalue weighted by atomic mass is 32.2. The number of ether oxygens (including phenoxy) is 1. The van der Waals surface area contributed by atoms with Crippen LogP contribution in [0.1, 0.15) is 35.7 Å². The van der Waals surface area contributed by atoms with Gasteiger partial charge in [0, 0.05) is 11.3 Å². The van der Waals surface area contributed by atoms with Gasteiger partial charge < -0.3 is 10.1 Å². The van der Waals surface area contributed by atoms with E-state index in [4.69, 9.17) is 4.74 Å². The Labute approximate surface area is 183 Å². The van der Waals surface area contributed by atoms with E-state index in [1.165, 1.54) is 30.9 Å². The predicted molar refractivity (Wildman–Crippen MR) is 123 cm³/mol. The number of unbranched alkanes of at least 4 members (excludes halogenated alkanes) is 1. The fourth-order valence-corrected chi connectivity index (χ4v) is 4.15. The van der Waals surface area contributed by atoms with Crippen LogP contribution in [0.2, 0.25) is 0 Å². The number of benzene rings is 3. The smallest absolute Gasteiger partial charge is 0.261 e. The third kappa shape index (κ3) is 5.86. The molecule has 162 valence electrons. The van der Waals surface area contributed by atoms with Crippen molar-refractivity contribution >= 4 is 27.3 Å². The van der Waals surface area contributed by atoms with Crippen molar-refractivity contribution in [2.24, 2.45) is 0 Å². The summed E-state index contributed by atoms with van der Waals surface area (Å²) in [5.74, 6) is 0.00702. The lowest BCUT2D eigenvalue weighted by Crippen LogP contribution is -2.15. The lowest BCUT2D eigenvalue weighted by atomic mass is 10.1. The highest BCUT2D eigenvalue weighted by Gasteiger charge is 2.18. The van der Waals surface area contributed by atoms with Crippen molar-refractivity contribution in [2.75, 3.05) is 17.1 Å². The summed E-state index contributed by atoms with van der Waals surface area (Å²) in [5.41, 5.74) is 2.37. The van der Waals surface area contributed by atoms with Crippen molar-refractivity contribution in [2.45, 2.75) is 31.1 Å². The molecule has 0 aliphatic carbocycles. The van der Waals surface area contributed by atoms with Crippen LogP contribution in [0.5, 0.6) is 5.75 Å². The van der Waals surface area contributed by atoms with Gasteiger partial charge in [-0.15, -0.1) is 0 Å². The second kappa shape index (κ2) is 10.1. The molecule has 0 aliphatic rings. The van der Waals surface area contributed by atoms with Crippen LogP contribution in [-0.2, 0) is 16.4 Å². The zero-order valence-corrected chi connectivity index (χ0v) is 18.4. The minimum Gasteiger partial charge on any atom is -0.495 e. The summed E-state index contributed by atoms with van der Waals surface area (Å²) in [4.78, 5) is 12.5. The normalized spacial score (nSPS) is 11.0. The highest BCUT2D eigenvalue weighted by Crippen LogP contribution is 2.29. The molecule has 0 aliphatic heterocycles. The molecule has 0 bridgehead atoms. The van der Waals surface area contributed by atoms with Crippen LogP contribution in [0.4, 0.5) is 11.4 Å². The van der Waals surface area contributed by atoms with Crippen molar-refractivity contribution in [3.05, 3.63) is 83.9 Å². The number of sulfonamides is 1. The summed E-state index contributed by atoms with van der Waals surface area (Å²) >= 11 is 0. The molecule has 0 fully saturated rings. The van der Waals surface area contributed by atoms with Crippen molar-refractivity contribution in [3.8, 4) is 5.75 Å². The molecule has 0 saturated heterocycles. The van der Waals surface area contributed by atoms with Gasteiger partial charge in [-0.3, -0.25) is 9.52 Å². The van der Waals surface area contributed by atoms with Gasteiger partial charge in [0.15, 0.2) is 0 Å². The second-order valence-corrected chi connectivity index (χ2v) is 8.77. The number of carbonyl (C=O) groups is 1. The van der Waals surface area contributed by atoms with E-state index in [0.717, 1.165) is 19.3 Å². The summed E-state index contributed by atoms with van der Waals surface area (Å²) in [6.45, 7) is 2.13. The molecule has 3 rings (SSSR count). The zero-order chi connectivity index (χ0) is 22.3. The maximum absolute atomic E-state index is 12.9. The Morgan fingerprint density at radius 3 is 2.32 bits per heavy atom. The van der Waals surface area contributed by atoms with Gasteiger partial charge in [0.2, 0.25) is 0 Å². The van der Waals surface area contributed by atoms with Gasteiger partial charge in [-0.05, 0) is 60.9 Å². The number of carbonyl (C=O) groups excluding carboxylic acids is 1. The first-order valence-corrected chi connectivity index (χ1v) is 11.6. The molecule has 1 amide bonds. The molecule has 3 aromatic rings. The number of aryl methyl sites for hydroxylation is 1. The number of hydrogen-bond donors (Lipinski definition) is 2. The lowest BCUT2D eigenvalue weighted by molar-refractivity contribution is 0.102. The Morgan fingerprint density at radius 1 is 0.968 bits per heavy atom. The van der Waals surface area contributed by atoms with Crippen molar-refractivity contribution in [3.63, 3.8) is 0 Å². The van der Waals surface area contributed by atoms with Crippen LogP contribution in [0.3, 0.4) is 0 Å². The van der Waals surface area contributed by atoms with Gasteiger partial charge in [0.1, 0.15) is 5.75 Å². The molecule has 0 unspecified atom stereocenters. The first-order valence-electron chi connectivity index (χ1n) is 10.1. The van der Waals surface area contributed by atoms with Crippen LogP contribution in [0, 0.1) is 0 Å². The Bertz CT molecular complexity index is 1130. The molecule has 0 spiro atoms. The summed E-state index contributed by atoms with van der Waals surface area (Å²) in [6, 6.07) is 20.4. The minimum absolute atomic E-state index is 0.0201. The van der Waals surface area contributed by atoms with Crippen LogP contribution in [0.25, 0.3) is 0 Å². The average Bonchev–Trinajstić information content (AvgIpc) is 2.79. The Balaban J connectivity index is 1.81. The molecule has 0 saturated carbocycles. The second-order valence-electron chi connectivity index (χ2n) is 7.09. The van der Waals surface area contributed by atoms with E-state index >= 15 is 0 Å². The standard InChI is InChI=1S/C24H26N2O4S/c1-3-4-8-18-11-13-20(14-12-18)26-31(28,29)21-15-16-23(30-2)22(17-21)25-24(27)19-9-6-5-7-10-19/h5-7,9-17,26H,3-4,8H2,1-2H3,(H,25,27). The van der Waals surface area contributed by atoms with Crippen molar-refractivity contribution in [1.82, 2.24) is 0 Å². The molecule has 0 aromatic heterocycles. The quantitative estimate of drug-likeness (QED) is 0.487. The molecule has 3 aromatic carbocycles. The summed E-state index contributed by atoms with van der Waals surface area (Å²) < 4.78 is 33.7. The third-order valence-electron chi connectivity index (χ3n) is 4.79. The Kier molecular flexibility index (Phi) is 7.31. The van der Waals surface area contributed by atoms with Gasteiger partial charge in [0.25, 0.3) is 15.9 Å². The van der Waals surface area contributed by atoms with Gasteiger partial charge >= 0.3 is 0 Å². The first kappa shape index (κ1) is 22.4. The van der Waals surface area contributed by atoms with E-state index in [0.29, 0.717) is 17.0 Å².